The van der Waals surface area contributed by atoms with Gasteiger partial charge in [-0.3, -0.25) is 9.10 Å². The van der Waals surface area contributed by atoms with Crippen LogP contribution >= 0.6 is 0 Å². The average molecular weight is 455 g/mol. The number of para-hydroxylation sites is 2. The molecule has 9 heteroatoms. The number of ether oxygens (including phenoxy) is 3. The van der Waals surface area contributed by atoms with Gasteiger partial charge in [-0.2, -0.15) is 0 Å². The minimum Gasteiger partial charge on any atom is -0.497 e. The van der Waals surface area contributed by atoms with E-state index in [1.54, 1.807) is 60.7 Å². The monoisotopic (exact) mass is 454 g/mol. The van der Waals surface area contributed by atoms with Crippen molar-refractivity contribution < 1.29 is 27.4 Å². The van der Waals surface area contributed by atoms with E-state index in [9.17, 15) is 13.2 Å². The summed E-state index contributed by atoms with van der Waals surface area (Å²) < 4.78 is 44.3. The van der Waals surface area contributed by atoms with Gasteiger partial charge in [0.15, 0.2) is 6.10 Å². The number of hydrogen-bond acceptors (Lipinski definition) is 6. The van der Waals surface area contributed by atoms with Crippen LogP contribution in [0.5, 0.6) is 17.2 Å². The van der Waals surface area contributed by atoms with Gasteiger partial charge in [0.2, 0.25) is 0 Å². The van der Waals surface area contributed by atoms with E-state index in [1.165, 1.54) is 30.7 Å². The Morgan fingerprint density at radius 1 is 1.00 bits per heavy atom. The number of nitrogens with zero attached hydrogens (tertiary/aromatic N) is 1. The minimum absolute atomic E-state index is 0.132. The lowest BCUT2D eigenvalue weighted by atomic mass is 10.2. The van der Waals surface area contributed by atoms with Gasteiger partial charge in [-0.15, -0.1) is 0 Å². The van der Waals surface area contributed by atoms with Gasteiger partial charge in [0, 0.05) is 6.07 Å². The number of benzene rings is 3. The van der Waals surface area contributed by atoms with Crippen LogP contribution < -0.4 is 23.8 Å². The maximum atomic E-state index is 13.4. The highest BCUT2D eigenvalue weighted by molar-refractivity contribution is 7.92. The van der Waals surface area contributed by atoms with Crippen molar-refractivity contribution in [1.29, 1.82) is 0 Å². The van der Waals surface area contributed by atoms with Crippen molar-refractivity contribution in [1.82, 2.24) is 0 Å². The Hall–Kier alpha value is -3.72. The summed E-state index contributed by atoms with van der Waals surface area (Å²) in [5, 5.41) is 2.76. The highest BCUT2D eigenvalue weighted by atomic mass is 32.2. The molecule has 0 aromatic heterocycles. The number of methoxy groups -OCH3 is 2. The molecule has 0 radical (unpaired) electrons. The van der Waals surface area contributed by atoms with Crippen molar-refractivity contribution >= 4 is 27.3 Å². The highest BCUT2D eigenvalue weighted by Gasteiger charge is 2.37. The Kier molecular flexibility index (Phi) is 5.91. The normalized spacial score (nSPS) is 15.3. The lowest BCUT2D eigenvalue weighted by Crippen LogP contribution is -2.48. The smallest absolute Gasteiger partial charge is 0.267 e. The molecule has 0 bridgehead atoms. The molecule has 8 nitrogen and oxygen atoms in total. The molecule has 0 saturated carbocycles. The third-order valence-electron chi connectivity index (χ3n) is 5.03. The fraction of sp³-hybridized carbons (Fsp3) is 0.174. The van der Waals surface area contributed by atoms with Gasteiger partial charge in [0.05, 0.1) is 37.0 Å². The predicted octanol–water partition coefficient (Wildman–Crippen LogP) is 3.30. The van der Waals surface area contributed by atoms with E-state index in [0.29, 0.717) is 28.6 Å². The average Bonchev–Trinajstić information content (AvgIpc) is 2.84. The maximum absolute atomic E-state index is 13.4. The molecule has 0 fully saturated rings. The highest BCUT2D eigenvalue weighted by Crippen LogP contribution is 2.37. The van der Waals surface area contributed by atoms with E-state index in [1.807, 2.05) is 0 Å². The second kappa shape index (κ2) is 8.80. The molecule has 0 aliphatic carbocycles. The SMILES string of the molecule is COc1ccc(NC(=O)[C@H]2CN(S(=O)(=O)c3ccccc3)c3ccccc3O2)c(OC)c1. The van der Waals surface area contributed by atoms with Crippen LogP contribution in [-0.4, -0.2) is 41.2 Å². The minimum atomic E-state index is -3.90. The van der Waals surface area contributed by atoms with Gasteiger partial charge >= 0.3 is 0 Å². The molecule has 3 aromatic rings. The summed E-state index contributed by atoms with van der Waals surface area (Å²) in [6.07, 6.45) is -1.07. The molecule has 1 aliphatic rings. The molecular formula is C23H22N2O6S. The fourth-order valence-corrected chi connectivity index (χ4v) is 4.90. The zero-order valence-corrected chi connectivity index (χ0v) is 18.3. The number of carbonyl (C=O) groups excluding carboxylic acids is 1. The number of amides is 1. The van der Waals surface area contributed by atoms with Crippen molar-refractivity contribution in [3.63, 3.8) is 0 Å². The first-order valence-electron chi connectivity index (χ1n) is 9.80. The summed E-state index contributed by atoms with van der Waals surface area (Å²) in [7, 11) is -0.896. The van der Waals surface area contributed by atoms with E-state index in [2.05, 4.69) is 5.32 Å². The van der Waals surface area contributed by atoms with Crippen LogP contribution in [0, 0.1) is 0 Å². The predicted molar refractivity (Wildman–Crippen MR) is 120 cm³/mol. The molecular weight excluding hydrogens is 432 g/mol. The van der Waals surface area contributed by atoms with Crippen LogP contribution in [0.2, 0.25) is 0 Å². The Labute approximate surface area is 186 Å². The standard InChI is InChI=1S/C23H22N2O6S/c1-29-16-12-13-18(21(14-16)30-2)24-23(26)22-15-25(19-10-6-7-11-20(19)31-22)32(27,28)17-8-4-3-5-9-17/h3-14,22H,15H2,1-2H3,(H,24,26)/t22-/m1/s1. The van der Waals surface area contributed by atoms with Crippen LogP contribution in [0.3, 0.4) is 0 Å². The molecule has 1 N–H and O–H groups in total. The van der Waals surface area contributed by atoms with Gasteiger partial charge in [-0.05, 0) is 36.4 Å². The largest absolute Gasteiger partial charge is 0.497 e. The molecule has 0 unspecified atom stereocenters. The zero-order chi connectivity index (χ0) is 22.7. The Morgan fingerprint density at radius 2 is 1.72 bits per heavy atom. The molecule has 1 atom stereocenters. The van der Waals surface area contributed by atoms with Crippen molar-refractivity contribution in [2.75, 3.05) is 30.4 Å². The second-order valence-corrected chi connectivity index (χ2v) is 8.84. The Bertz CT molecular complexity index is 1230. The molecule has 3 aromatic carbocycles. The van der Waals surface area contributed by atoms with E-state index in [-0.39, 0.29) is 11.4 Å². The van der Waals surface area contributed by atoms with Crippen LogP contribution in [0.15, 0.2) is 77.7 Å². The van der Waals surface area contributed by atoms with Crippen molar-refractivity contribution in [3.8, 4) is 17.2 Å². The van der Waals surface area contributed by atoms with E-state index < -0.39 is 22.0 Å². The zero-order valence-electron chi connectivity index (χ0n) is 17.5. The van der Waals surface area contributed by atoms with Crippen LogP contribution in [0.4, 0.5) is 11.4 Å². The molecule has 4 rings (SSSR count). The summed E-state index contributed by atoms with van der Waals surface area (Å²) in [6, 6.07) is 19.8. The van der Waals surface area contributed by atoms with Crippen molar-refractivity contribution in [2.24, 2.45) is 0 Å². The first-order chi connectivity index (χ1) is 15.4. The Morgan fingerprint density at radius 3 is 2.44 bits per heavy atom. The van der Waals surface area contributed by atoms with Crippen molar-refractivity contribution in [3.05, 3.63) is 72.8 Å². The molecule has 0 saturated heterocycles. The second-order valence-electron chi connectivity index (χ2n) is 6.98. The lowest BCUT2D eigenvalue weighted by Gasteiger charge is -2.34. The quantitative estimate of drug-likeness (QED) is 0.614. The van der Waals surface area contributed by atoms with Gasteiger partial charge < -0.3 is 19.5 Å². The number of anilines is 2. The first kappa shape index (κ1) is 21.5. The van der Waals surface area contributed by atoms with Crippen LogP contribution in [0.1, 0.15) is 0 Å². The summed E-state index contributed by atoms with van der Waals surface area (Å²) in [6.45, 7) is -0.182. The van der Waals surface area contributed by atoms with Gasteiger partial charge in [0.1, 0.15) is 17.2 Å². The van der Waals surface area contributed by atoms with Gasteiger partial charge in [-0.25, -0.2) is 8.42 Å². The van der Waals surface area contributed by atoms with E-state index >= 15 is 0 Å². The molecule has 1 heterocycles. The summed E-state index contributed by atoms with van der Waals surface area (Å²) in [4.78, 5) is 13.2. The van der Waals surface area contributed by atoms with Crippen LogP contribution in [-0.2, 0) is 14.8 Å². The van der Waals surface area contributed by atoms with E-state index in [0.717, 1.165) is 0 Å². The third kappa shape index (κ3) is 4.06. The lowest BCUT2D eigenvalue weighted by molar-refractivity contribution is -0.122. The fourth-order valence-electron chi connectivity index (χ4n) is 3.40. The molecule has 1 aliphatic heterocycles. The summed E-state index contributed by atoms with van der Waals surface area (Å²) in [5.41, 5.74) is 0.792. The van der Waals surface area contributed by atoms with Crippen molar-refractivity contribution in [2.45, 2.75) is 11.0 Å². The number of hydrogen-bond donors (Lipinski definition) is 1. The Balaban J connectivity index is 1.65. The van der Waals surface area contributed by atoms with E-state index in [4.69, 9.17) is 14.2 Å². The number of fused-ring (bicyclic) bond motifs is 1. The number of nitrogens with one attached hydrogen (secondary N) is 1. The topological polar surface area (TPSA) is 94.2 Å². The van der Waals surface area contributed by atoms with Gasteiger partial charge in [-0.1, -0.05) is 30.3 Å². The number of sulfonamides is 1. The first-order valence-corrected chi connectivity index (χ1v) is 11.2. The molecule has 32 heavy (non-hydrogen) atoms. The van der Waals surface area contributed by atoms with Gasteiger partial charge in [0.25, 0.3) is 15.9 Å². The third-order valence-corrected chi connectivity index (χ3v) is 6.82. The number of carbonyl (C=O) groups is 1. The molecule has 166 valence electrons. The molecule has 0 spiro atoms. The summed E-state index contributed by atoms with van der Waals surface area (Å²) in [5.74, 6) is 0.779. The molecule has 1 amide bonds. The maximum Gasteiger partial charge on any atom is 0.267 e. The van der Waals surface area contributed by atoms with Crippen LogP contribution in [0.25, 0.3) is 0 Å². The number of rotatable bonds is 6. The summed E-state index contributed by atoms with van der Waals surface area (Å²) >= 11 is 0.